The van der Waals surface area contributed by atoms with E-state index in [-0.39, 0.29) is 18.0 Å². The maximum Gasteiger partial charge on any atom is 0.315 e. The molecule has 1 aliphatic rings. The number of hydrogen-bond donors (Lipinski definition) is 2. The van der Waals surface area contributed by atoms with Gasteiger partial charge in [-0.3, -0.25) is 4.79 Å². The third-order valence-electron chi connectivity index (χ3n) is 4.26. The summed E-state index contributed by atoms with van der Waals surface area (Å²) < 4.78 is 0. The minimum absolute atomic E-state index is 0.0626. The zero-order valence-corrected chi connectivity index (χ0v) is 14.8. The van der Waals surface area contributed by atoms with Crippen molar-refractivity contribution in [3.63, 3.8) is 0 Å². The molecule has 0 bridgehead atoms. The average molecular weight is 332 g/mol. The van der Waals surface area contributed by atoms with Crippen LogP contribution in [0.1, 0.15) is 36.5 Å². The molecule has 2 N–H and O–H groups in total. The van der Waals surface area contributed by atoms with Gasteiger partial charge in [-0.15, -0.1) is 0 Å². The van der Waals surface area contributed by atoms with Crippen molar-refractivity contribution in [2.75, 3.05) is 38.6 Å². The van der Waals surface area contributed by atoms with E-state index in [2.05, 4.69) is 10.6 Å². The molecule has 0 aliphatic carbocycles. The van der Waals surface area contributed by atoms with E-state index in [0.29, 0.717) is 25.2 Å². The van der Waals surface area contributed by atoms with E-state index in [1.54, 1.807) is 0 Å². The Morgan fingerprint density at radius 1 is 1.25 bits per heavy atom. The zero-order valence-electron chi connectivity index (χ0n) is 14.8. The Bertz CT molecular complexity index is 566. The second-order valence-electron chi connectivity index (χ2n) is 6.41. The molecule has 0 spiro atoms. The summed E-state index contributed by atoms with van der Waals surface area (Å²) >= 11 is 0. The second kappa shape index (κ2) is 8.57. The lowest BCUT2D eigenvalue weighted by Gasteiger charge is -2.32. The molecule has 132 valence electrons. The fraction of sp³-hybridized carbons (Fsp3) is 0.556. The van der Waals surface area contributed by atoms with E-state index in [0.717, 1.165) is 24.9 Å². The third kappa shape index (κ3) is 4.88. The summed E-state index contributed by atoms with van der Waals surface area (Å²) in [7, 11) is 3.93. The topological polar surface area (TPSA) is 64.7 Å². The van der Waals surface area contributed by atoms with Crippen molar-refractivity contribution in [3.8, 4) is 0 Å². The van der Waals surface area contributed by atoms with E-state index in [1.165, 1.54) is 0 Å². The highest BCUT2D eigenvalue weighted by molar-refractivity contribution is 5.95. The van der Waals surface area contributed by atoms with Gasteiger partial charge in [0.1, 0.15) is 0 Å². The summed E-state index contributed by atoms with van der Waals surface area (Å²) in [4.78, 5) is 28.2. The molecule has 1 saturated heterocycles. The van der Waals surface area contributed by atoms with E-state index in [4.69, 9.17) is 0 Å². The first-order chi connectivity index (χ1) is 11.5. The Kier molecular flexibility index (Phi) is 6.46. The molecular formula is C18H28N4O2. The molecule has 0 aromatic heterocycles. The van der Waals surface area contributed by atoms with Crippen LogP contribution in [0.3, 0.4) is 0 Å². The molecule has 6 heteroatoms. The van der Waals surface area contributed by atoms with Crippen molar-refractivity contribution in [2.45, 2.75) is 32.2 Å². The number of nitrogens with zero attached hydrogens (tertiary/aromatic N) is 2. The molecule has 2 rings (SSSR count). The standard InChI is InChI=1S/C18H28N4O2/c1-4-10-19-18(24)20-15-8-11-22(12-9-15)17(23)14-6-5-7-16(13-14)21(2)3/h5-7,13,15H,4,8-12H2,1-3H3,(H2,19,20,24). The molecule has 0 unspecified atom stereocenters. The number of anilines is 1. The van der Waals surface area contributed by atoms with Crippen molar-refractivity contribution in [3.05, 3.63) is 29.8 Å². The van der Waals surface area contributed by atoms with Crippen molar-refractivity contribution in [1.29, 1.82) is 0 Å². The van der Waals surface area contributed by atoms with Crippen LogP contribution in [0.15, 0.2) is 24.3 Å². The molecule has 1 aromatic carbocycles. The molecule has 0 radical (unpaired) electrons. The summed E-state index contributed by atoms with van der Waals surface area (Å²) in [5.41, 5.74) is 1.73. The van der Waals surface area contributed by atoms with Crippen LogP contribution in [-0.4, -0.2) is 56.6 Å². The lowest BCUT2D eigenvalue weighted by Crippen LogP contribution is -2.49. The maximum absolute atomic E-state index is 12.7. The summed E-state index contributed by atoms with van der Waals surface area (Å²) in [5.74, 6) is 0.0626. The SMILES string of the molecule is CCCNC(=O)NC1CCN(C(=O)c2cccc(N(C)C)c2)CC1. The highest BCUT2D eigenvalue weighted by atomic mass is 16.2. The molecule has 1 heterocycles. The number of carbonyl (C=O) groups excluding carboxylic acids is 2. The Hall–Kier alpha value is -2.24. The predicted molar refractivity (Wildman–Crippen MR) is 96.5 cm³/mol. The highest BCUT2D eigenvalue weighted by Gasteiger charge is 2.24. The third-order valence-corrected chi connectivity index (χ3v) is 4.26. The largest absolute Gasteiger partial charge is 0.378 e. The number of likely N-dealkylation sites (tertiary alicyclic amines) is 1. The van der Waals surface area contributed by atoms with Gasteiger partial charge in [0.2, 0.25) is 0 Å². The smallest absolute Gasteiger partial charge is 0.315 e. The quantitative estimate of drug-likeness (QED) is 0.867. The number of carbonyl (C=O) groups is 2. The van der Waals surface area contributed by atoms with Crippen LogP contribution < -0.4 is 15.5 Å². The van der Waals surface area contributed by atoms with E-state index in [9.17, 15) is 9.59 Å². The minimum atomic E-state index is -0.111. The summed E-state index contributed by atoms with van der Waals surface area (Å²) in [5, 5.41) is 5.80. The van der Waals surface area contributed by atoms with Crippen LogP contribution in [0.5, 0.6) is 0 Å². The molecule has 6 nitrogen and oxygen atoms in total. The number of piperidine rings is 1. The fourth-order valence-corrected chi connectivity index (χ4v) is 2.80. The van der Waals surface area contributed by atoms with E-state index >= 15 is 0 Å². The average Bonchev–Trinajstić information content (AvgIpc) is 2.60. The summed E-state index contributed by atoms with van der Waals surface area (Å²) in [6.45, 7) is 4.05. The minimum Gasteiger partial charge on any atom is -0.378 e. The first-order valence-electron chi connectivity index (χ1n) is 8.62. The molecule has 1 aliphatic heterocycles. The van der Waals surface area contributed by atoms with Crippen LogP contribution in [0.4, 0.5) is 10.5 Å². The predicted octanol–water partition coefficient (Wildman–Crippen LogP) is 2.07. The van der Waals surface area contributed by atoms with Crippen molar-refractivity contribution in [1.82, 2.24) is 15.5 Å². The molecule has 1 fully saturated rings. The molecule has 0 atom stereocenters. The van der Waals surface area contributed by atoms with Gasteiger partial charge in [-0.2, -0.15) is 0 Å². The lowest BCUT2D eigenvalue weighted by molar-refractivity contribution is 0.0708. The van der Waals surface area contributed by atoms with Gasteiger partial charge in [0, 0.05) is 51.0 Å². The van der Waals surface area contributed by atoms with Crippen molar-refractivity contribution < 1.29 is 9.59 Å². The Morgan fingerprint density at radius 3 is 2.58 bits per heavy atom. The van der Waals surface area contributed by atoms with Gasteiger partial charge in [0.25, 0.3) is 5.91 Å². The van der Waals surface area contributed by atoms with Crippen LogP contribution >= 0.6 is 0 Å². The van der Waals surface area contributed by atoms with Gasteiger partial charge >= 0.3 is 6.03 Å². The Balaban J connectivity index is 1.86. The van der Waals surface area contributed by atoms with Gasteiger partial charge in [-0.1, -0.05) is 13.0 Å². The van der Waals surface area contributed by atoms with Crippen LogP contribution in [0.2, 0.25) is 0 Å². The van der Waals surface area contributed by atoms with Gasteiger partial charge in [-0.25, -0.2) is 4.79 Å². The number of benzene rings is 1. The van der Waals surface area contributed by atoms with Gasteiger partial charge in [0.15, 0.2) is 0 Å². The Labute approximate surface area is 144 Å². The highest BCUT2D eigenvalue weighted by Crippen LogP contribution is 2.18. The maximum atomic E-state index is 12.7. The van der Waals surface area contributed by atoms with E-state index < -0.39 is 0 Å². The number of nitrogens with one attached hydrogen (secondary N) is 2. The first kappa shape index (κ1) is 18.1. The number of urea groups is 1. The van der Waals surface area contributed by atoms with E-state index in [1.807, 2.05) is 55.1 Å². The monoisotopic (exact) mass is 332 g/mol. The fourth-order valence-electron chi connectivity index (χ4n) is 2.80. The molecule has 1 aromatic rings. The van der Waals surface area contributed by atoms with Crippen LogP contribution in [0, 0.1) is 0 Å². The number of rotatable bonds is 5. The van der Waals surface area contributed by atoms with Gasteiger partial charge < -0.3 is 20.4 Å². The number of hydrogen-bond acceptors (Lipinski definition) is 3. The first-order valence-corrected chi connectivity index (χ1v) is 8.62. The second-order valence-corrected chi connectivity index (χ2v) is 6.41. The van der Waals surface area contributed by atoms with Crippen LogP contribution in [-0.2, 0) is 0 Å². The van der Waals surface area contributed by atoms with Crippen LogP contribution in [0.25, 0.3) is 0 Å². The zero-order chi connectivity index (χ0) is 17.5. The number of amides is 3. The lowest BCUT2D eigenvalue weighted by atomic mass is 10.0. The van der Waals surface area contributed by atoms with Crippen molar-refractivity contribution in [2.24, 2.45) is 0 Å². The summed E-state index contributed by atoms with van der Waals surface area (Å²) in [6.07, 6.45) is 2.50. The normalized spacial score (nSPS) is 15.0. The molecule has 3 amide bonds. The van der Waals surface area contributed by atoms with Gasteiger partial charge in [-0.05, 0) is 37.5 Å². The van der Waals surface area contributed by atoms with Gasteiger partial charge in [0.05, 0.1) is 0 Å². The Morgan fingerprint density at radius 2 is 1.96 bits per heavy atom. The van der Waals surface area contributed by atoms with Crippen molar-refractivity contribution >= 4 is 17.6 Å². The molecule has 0 saturated carbocycles. The molecular weight excluding hydrogens is 304 g/mol. The summed E-state index contributed by atoms with van der Waals surface area (Å²) in [6, 6.07) is 7.71. The molecule has 24 heavy (non-hydrogen) atoms.